The molecular weight excluding hydrogens is 326 g/mol. The number of benzene rings is 3. The van der Waals surface area contributed by atoms with Crippen molar-refractivity contribution in [3.63, 3.8) is 0 Å². The Labute approximate surface area is 152 Å². The van der Waals surface area contributed by atoms with E-state index in [2.05, 4.69) is 23.5 Å². The highest BCUT2D eigenvalue weighted by molar-refractivity contribution is 5.85. The van der Waals surface area contributed by atoms with Crippen LogP contribution in [0.25, 0.3) is 10.8 Å². The van der Waals surface area contributed by atoms with Crippen LogP contribution in [0.1, 0.15) is 16.7 Å². The number of carbonyl (C=O) groups is 1. The van der Waals surface area contributed by atoms with Crippen molar-refractivity contribution < 1.29 is 14.3 Å². The summed E-state index contributed by atoms with van der Waals surface area (Å²) in [5.74, 6) is 1.82. The summed E-state index contributed by atoms with van der Waals surface area (Å²) in [5, 5.41) is 5.27. The Hall–Kier alpha value is -3.01. The van der Waals surface area contributed by atoms with Gasteiger partial charge in [-0.15, -0.1) is 0 Å². The van der Waals surface area contributed by atoms with Crippen molar-refractivity contribution in [3.8, 4) is 11.5 Å². The van der Waals surface area contributed by atoms with Crippen LogP contribution in [0.3, 0.4) is 0 Å². The molecule has 3 aromatic rings. The summed E-state index contributed by atoms with van der Waals surface area (Å²) in [4.78, 5) is 12.3. The quantitative estimate of drug-likeness (QED) is 0.766. The number of nitrogens with one attached hydrogen (secondary N) is 1. The van der Waals surface area contributed by atoms with Crippen molar-refractivity contribution in [3.05, 3.63) is 71.3 Å². The van der Waals surface area contributed by atoms with Gasteiger partial charge in [-0.05, 0) is 51.7 Å². The number of carbonyl (C=O) groups excluding carboxylic acids is 1. The lowest BCUT2D eigenvalue weighted by Crippen LogP contribution is -2.24. The summed E-state index contributed by atoms with van der Waals surface area (Å²) < 4.78 is 10.8. The molecule has 0 fully saturated rings. The second kappa shape index (κ2) is 7.08. The van der Waals surface area contributed by atoms with Crippen LogP contribution in [0, 0.1) is 0 Å². The Bertz CT molecular complexity index is 965. The lowest BCUT2D eigenvalue weighted by molar-refractivity contribution is -0.120. The molecule has 4 heteroatoms. The van der Waals surface area contributed by atoms with Crippen molar-refractivity contribution in [2.75, 3.05) is 13.7 Å². The zero-order valence-electron chi connectivity index (χ0n) is 14.7. The topological polar surface area (TPSA) is 47.6 Å². The third-order valence-electron chi connectivity index (χ3n) is 4.72. The SMILES string of the molecule is COc1ccc2cc(CNC(=O)Cc3ccc4c(c3)CCO4)ccc2c1. The molecule has 0 saturated heterocycles. The highest BCUT2D eigenvalue weighted by atomic mass is 16.5. The van der Waals surface area contributed by atoms with Gasteiger partial charge in [-0.1, -0.05) is 30.3 Å². The van der Waals surface area contributed by atoms with Crippen molar-refractivity contribution >= 4 is 16.7 Å². The first-order chi connectivity index (χ1) is 12.7. The molecule has 132 valence electrons. The first-order valence-electron chi connectivity index (χ1n) is 8.79. The molecule has 0 atom stereocenters. The summed E-state index contributed by atoms with van der Waals surface area (Å²) in [6, 6.07) is 18.2. The van der Waals surface area contributed by atoms with Crippen molar-refractivity contribution in [1.82, 2.24) is 5.32 Å². The van der Waals surface area contributed by atoms with E-state index in [9.17, 15) is 4.79 Å². The molecule has 1 aliphatic heterocycles. The van der Waals surface area contributed by atoms with Crippen molar-refractivity contribution in [2.24, 2.45) is 0 Å². The van der Waals surface area contributed by atoms with Gasteiger partial charge in [-0.2, -0.15) is 0 Å². The molecule has 4 nitrogen and oxygen atoms in total. The Balaban J connectivity index is 1.38. The van der Waals surface area contributed by atoms with Crippen LogP contribution in [-0.2, 0) is 24.2 Å². The molecule has 26 heavy (non-hydrogen) atoms. The second-order valence-corrected chi connectivity index (χ2v) is 6.54. The van der Waals surface area contributed by atoms with Crippen LogP contribution in [0.4, 0.5) is 0 Å². The van der Waals surface area contributed by atoms with Crippen LogP contribution in [0.15, 0.2) is 54.6 Å². The maximum Gasteiger partial charge on any atom is 0.224 e. The summed E-state index contributed by atoms with van der Waals surface area (Å²) in [5.41, 5.74) is 3.30. The highest BCUT2D eigenvalue weighted by Gasteiger charge is 2.13. The molecule has 0 aliphatic carbocycles. The predicted octanol–water partition coefficient (Wildman–Crippen LogP) is 3.64. The minimum atomic E-state index is 0.0266. The second-order valence-electron chi connectivity index (χ2n) is 6.54. The van der Waals surface area contributed by atoms with E-state index >= 15 is 0 Å². The maximum absolute atomic E-state index is 12.3. The molecule has 0 unspecified atom stereocenters. The highest BCUT2D eigenvalue weighted by Crippen LogP contribution is 2.26. The fraction of sp³-hybridized carbons (Fsp3) is 0.227. The number of ether oxygens (including phenoxy) is 2. The Morgan fingerprint density at radius 1 is 1.04 bits per heavy atom. The molecule has 1 N–H and O–H groups in total. The van der Waals surface area contributed by atoms with Gasteiger partial charge in [0.2, 0.25) is 5.91 Å². The lowest BCUT2D eigenvalue weighted by Gasteiger charge is -2.08. The average molecular weight is 347 g/mol. The molecule has 0 radical (unpaired) electrons. The number of rotatable bonds is 5. The summed E-state index contributed by atoms with van der Waals surface area (Å²) in [6.07, 6.45) is 1.31. The summed E-state index contributed by atoms with van der Waals surface area (Å²) in [6.45, 7) is 1.26. The van der Waals surface area contributed by atoms with Gasteiger partial charge in [0.05, 0.1) is 20.1 Å². The van der Waals surface area contributed by atoms with Crippen LogP contribution >= 0.6 is 0 Å². The van der Waals surface area contributed by atoms with Gasteiger partial charge in [0.1, 0.15) is 11.5 Å². The fourth-order valence-electron chi connectivity index (χ4n) is 3.31. The maximum atomic E-state index is 12.3. The van der Waals surface area contributed by atoms with E-state index in [1.807, 2.05) is 36.4 Å². The van der Waals surface area contributed by atoms with E-state index in [-0.39, 0.29) is 5.91 Å². The van der Waals surface area contributed by atoms with Gasteiger partial charge >= 0.3 is 0 Å². The summed E-state index contributed by atoms with van der Waals surface area (Å²) in [7, 11) is 1.67. The number of fused-ring (bicyclic) bond motifs is 2. The van der Waals surface area contributed by atoms with Crippen LogP contribution in [0.2, 0.25) is 0 Å². The molecular formula is C22H21NO3. The third kappa shape index (κ3) is 3.49. The van der Waals surface area contributed by atoms with Crippen molar-refractivity contribution in [2.45, 2.75) is 19.4 Å². The molecule has 0 aromatic heterocycles. The Morgan fingerprint density at radius 2 is 1.85 bits per heavy atom. The standard InChI is InChI=1S/C22H21NO3/c1-25-20-6-5-17-11-16(2-4-18(17)13-20)14-23-22(24)12-15-3-7-21-19(10-15)8-9-26-21/h2-7,10-11,13H,8-9,12,14H2,1H3,(H,23,24). The number of hydrogen-bond acceptors (Lipinski definition) is 3. The van der Waals surface area contributed by atoms with E-state index in [1.165, 1.54) is 5.56 Å². The predicted molar refractivity (Wildman–Crippen MR) is 102 cm³/mol. The smallest absolute Gasteiger partial charge is 0.224 e. The third-order valence-corrected chi connectivity index (χ3v) is 4.72. The molecule has 3 aromatic carbocycles. The van der Waals surface area contributed by atoms with E-state index in [1.54, 1.807) is 7.11 Å². The minimum absolute atomic E-state index is 0.0266. The molecule has 4 rings (SSSR count). The molecule has 0 bridgehead atoms. The normalized spacial score (nSPS) is 12.5. The van der Waals surface area contributed by atoms with Gasteiger partial charge in [0.15, 0.2) is 0 Å². The van der Waals surface area contributed by atoms with E-state index < -0.39 is 0 Å². The Morgan fingerprint density at radius 3 is 2.73 bits per heavy atom. The summed E-state index contributed by atoms with van der Waals surface area (Å²) >= 11 is 0. The van der Waals surface area contributed by atoms with Crippen LogP contribution < -0.4 is 14.8 Å². The van der Waals surface area contributed by atoms with Crippen LogP contribution in [0.5, 0.6) is 11.5 Å². The number of hydrogen-bond donors (Lipinski definition) is 1. The van der Waals surface area contributed by atoms with E-state index in [0.717, 1.165) is 46.4 Å². The molecule has 1 amide bonds. The van der Waals surface area contributed by atoms with Gasteiger partial charge in [0.25, 0.3) is 0 Å². The monoisotopic (exact) mass is 347 g/mol. The van der Waals surface area contributed by atoms with Crippen LogP contribution in [-0.4, -0.2) is 19.6 Å². The molecule has 1 heterocycles. The average Bonchev–Trinajstić information content (AvgIpc) is 3.13. The first kappa shape index (κ1) is 16.5. The zero-order chi connectivity index (χ0) is 17.9. The zero-order valence-corrected chi connectivity index (χ0v) is 14.7. The lowest BCUT2D eigenvalue weighted by atomic mass is 10.1. The minimum Gasteiger partial charge on any atom is -0.497 e. The number of amides is 1. The van der Waals surface area contributed by atoms with Gasteiger partial charge < -0.3 is 14.8 Å². The van der Waals surface area contributed by atoms with Gasteiger partial charge in [0, 0.05) is 13.0 Å². The molecule has 0 saturated carbocycles. The number of methoxy groups -OCH3 is 1. The van der Waals surface area contributed by atoms with E-state index in [4.69, 9.17) is 9.47 Å². The van der Waals surface area contributed by atoms with Gasteiger partial charge in [-0.25, -0.2) is 0 Å². The molecule has 1 aliphatic rings. The van der Waals surface area contributed by atoms with E-state index in [0.29, 0.717) is 13.0 Å². The Kier molecular flexibility index (Phi) is 4.48. The first-order valence-corrected chi connectivity index (χ1v) is 8.79. The fourth-order valence-corrected chi connectivity index (χ4v) is 3.31. The van der Waals surface area contributed by atoms with Crippen molar-refractivity contribution in [1.29, 1.82) is 0 Å². The largest absolute Gasteiger partial charge is 0.497 e. The molecule has 0 spiro atoms. The van der Waals surface area contributed by atoms with Gasteiger partial charge in [-0.3, -0.25) is 4.79 Å².